The summed E-state index contributed by atoms with van der Waals surface area (Å²) in [6, 6.07) is 1.10. The molecule has 88 valence electrons. The van der Waals surface area contributed by atoms with Crippen molar-refractivity contribution >= 4 is 5.91 Å². The van der Waals surface area contributed by atoms with Gasteiger partial charge in [0.25, 0.3) is 0 Å². The molecule has 1 amide bonds. The van der Waals surface area contributed by atoms with Crippen LogP contribution in [0.25, 0.3) is 0 Å². The molecule has 0 aliphatic carbocycles. The Hall–Kier alpha value is -0.610. The van der Waals surface area contributed by atoms with E-state index >= 15 is 0 Å². The van der Waals surface area contributed by atoms with E-state index in [0.717, 1.165) is 25.9 Å². The maximum Gasteiger partial charge on any atom is 0.233 e. The van der Waals surface area contributed by atoms with Crippen molar-refractivity contribution in [1.82, 2.24) is 15.5 Å². The lowest BCUT2D eigenvalue weighted by Crippen LogP contribution is -2.40. The number of amides is 1. The van der Waals surface area contributed by atoms with Crippen LogP contribution in [0.2, 0.25) is 0 Å². The van der Waals surface area contributed by atoms with Crippen molar-refractivity contribution in [3.8, 4) is 0 Å². The number of hydrogen-bond acceptors (Lipinski definition) is 3. The Bertz CT molecular complexity index is 198. The van der Waals surface area contributed by atoms with Gasteiger partial charge in [0.05, 0.1) is 6.54 Å². The summed E-state index contributed by atoms with van der Waals surface area (Å²) in [7, 11) is 2.13. The second kappa shape index (κ2) is 6.08. The lowest BCUT2D eigenvalue weighted by Gasteiger charge is -2.13. The Balaban J connectivity index is 2.12. The number of likely N-dealkylation sites (N-methyl/N-ethyl adjacent to an activating group) is 1. The molecule has 15 heavy (non-hydrogen) atoms. The molecule has 1 fully saturated rings. The van der Waals surface area contributed by atoms with E-state index in [4.69, 9.17) is 0 Å². The first kappa shape index (κ1) is 12.5. The van der Waals surface area contributed by atoms with E-state index in [1.165, 1.54) is 0 Å². The average Bonchev–Trinajstić information content (AvgIpc) is 2.52. The third-order valence-corrected chi connectivity index (χ3v) is 3.01. The highest BCUT2D eigenvalue weighted by molar-refractivity contribution is 5.77. The standard InChI is InChI=1S/C11H23N3O/c1-4-5-12-11(15)7-13-10-6-9(2)14(3)8-10/h9-10,13H,4-8H2,1-3H3,(H,12,15). The van der Waals surface area contributed by atoms with Gasteiger partial charge in [0.2, 0.25) is 5.91 Å². The fourth-order valence-electron chi connectivity index (χ4n) is 1.91. The van der Waals surface area contributed by atoms with Crippen molar-refractivity contribution in [2.45, 2.75) is 38.8 Å². The summed E-state index contributed by atoms with van der Waals surface area (Å²) < 4.78 is 0. The van der Waals surface area contributed by atoms with Crippen molar-refractivity contribution in [2.24, 2.45) is 0 Å². The topological polar surface area (TPSA) is 44.4 Å². The average molecular weight is 213 g/mol. The zero-order valence-corrected chi connectivity index (χ0v) is 10.0. The van der Waals surface area contributed by atoms with Gasteiger partial charge in [0, 0.05) is 25.2 Å². The van der Waals surface area contributed by atoms with Crippen molar-refractivity contribution in [2.75, 3.05) is 26.7 Å². The number of carbonyl (C=O) groups is 1. The van der Waals surface area contributed by atoms with Crippen molar-refractivity contribution < 1.29 is 4.79 Å². The van der Waals surface area contributed by atoms with E-state index in [0.29, 0.717) is 18.6 Å². The summed E-state index contributed by atoms with van der Waals surface area (Å²) >= 11 is 0. The van der Waals surface area contributed by atoms with Gasteiger partial charge in [-0.2, -0.15) is 0 Å². The van der Waals surface area contributed by atoms with Gasteiger partial charge in [-0.15, -0.1) is 0 Å². The lowest BCUT2D eigenvalue weighted by molar-refractivity contribution is -0.120. The van der Waals surface area contributed by atoms with E-state index in [-0.39, 0.29) is 5.91 Å². The van der Waals surface area contributed by atoms with Crippen LogP contribution >= 0.6 is 0 Å². The van der Waals surface area contributed by atoms with Crippen LogP contribution in [-0.4, -0.2) is 49.6 Å². The molecular formula is C11H23N3O. The molecule has 0 saturated carbocycles. The van der Waals surface area contributed by atoms with Gasteiger partial charge in [-0.25, -0.2) is 0 Å². The fraction of sp³-hybridized carbons (Fsp3) is 0.909. The normalized spacial score (nSPS) is 26.9. The molecule has 1 heterocycles. The van der Waals surface area contributed by atoms with Gasteiger partial charge < -0.3 is 15.5 Å². The molecule has 0 aromatic heterocycles. The smallest absolute Gasteiger partial charge is 0.233 e. The number of likely N-dealkylation sites (tertiary alicyclic amines) is 1. The minimum Gasteiger partial charge on any atom is -0.355 e. The van der Waals surface area contributed by atoms with Gasteiger partial charge in [0.1, 0.15) is 0 Å². The van der Waals surface area contributed by atoms with Crippen molar-refractivity contribution in [3.05, 3.63) is 0 Å². The first-order chi connectivity index (χ1) is 7.13. The van der Waals surface area contributed by atoms with Gasteiger partial charge >= 0.3 is 0 Å². The first-order valence-electron chi connectivity index (χ1n) is 5.83. The van der Waals surface area contributed by atoms with Crippen molar-refractivity contribution in [1.29, 1.82) is 0 Å². The second-order valence-electron chi connectivity index (χ2n) is 4.45. The molecule has 2 atom stereocenters. The Kier molecular flexibility index (Phi) is 5.05. The highest BCUT2D eigenvalue weighted by atomic mass is 16.1. The molecule has 0 aromatic rings. The van der Waals surface area contributed by atoms with Gasteiger partial charge in [-0.3, -0.25) is 4.79 Å². The highest BCUT2D eigenvalue weighted by Crippen LogP contribution is 2.14. The van der Waals surface area contributed by atoms with E-state index in [1.807, 2.05) is 0 Å². The van der Waals surface area contributed by atoms with Gasteiger partial charge in [-0.1, -0.05) is 6.92 Å². The third kappa shape index (κ3) is 4.18. The summed E-state index contributed by atoms with van der Waals surface area (Å²) in [5, 5.41) is 6.16. The summed E-state index contributed by atoms with van der Waals surface area (Å²) in [5.41, 5.74) is 0. The van der Waals surface area contributed by atoms with Crippen molar-refractivity contribution in [3.63, 3.8) is 0 Å². The zero-order chi connectivity index (χ0) is 11.3. The maximum absolute atomic E-state index is 11.3. The van der Waals surface area contributed by atoms with E-state index in [9.17, 15) is 4.79 Å². The van der Waals surface area contributed by atoms with Crippen LogP contribution in [0.1, 0.15) is 26.7 Å². The molecule has 4 nitrogen and oxygen atoms in total. The fourth-order valence-corrected chi connectivity index (χ4v) is 1.91. The predicted octanol–water partition coefficient (Wildman–Crippen LogP) is 0.195. The number of carbonyl (C=O) groups excluding carboxylic acids is 1. The van der Waals surface area contributed by atoms with Crippen LogP contribution in [0.15, 0.2) is 0 Å². The summed E-state index contributed by atoms with van der Waals surface area (Å²) in [5.74, 6) is 0.110. The van der Waals surface area contributed by atoms with Crippen LogP contribution in [0.5, 0.6) is 0 Å². The Morgan fingerprint density at radius 2 is 2.27 bits per heavy atom. The molecule has 0 bridgehead atoms. The zero-order valence-electron chi connectivity index (χ0n) is 10.0. The second-order valence-corrected chi connectivity index (χ2v) is 4.45. The van der Waals surface area contributed by atoms with Crippen LogP contribution < -0.4 is 10.6 Å². The van der Waals surface area contributed by atoms with Gasteiger partial charge in [0.15, 0.2) is 0 Å². The largest absolute Gasteiger partial charge is 0.355 e. The predicted molar refractivity (Wildman–Crippen MR) is 61.8 cm³/mol. The number of nitrogens with one attached hydrogen (secondary N) is 2. The molecule has 1 saturated heterocycles. The molecule has 2 N–H and O–H groups in total. The number of hydrogen-bond donors (Lipinski definition) is 2. The van der Waals surface area contributed by atoms with E-state index < -0.39 is 0 Å². The Morgan fingerprint density at radius 1 is 1.53 bits per heavy atom. The molecule has 4 heteroatoms. The van der Waals surface area contributed by atoms with Crippen LogP contribution in [-0.2, 0) is 4.79 Å². The number of rotatable bonds is 5. The Morgan fingerprint density at radius 3 is 2.80 bits per heavy atom. The molecule has 1 aliphatic heterocycles. The molecule has 0 aromatic carbocycles. The Labute approximate surface area is 92.4 Å². The van der Waals surface area contributed by atoms with Crippen LogP contribution in [0.4, 0.5) is 0 Å². The van der Waals surface area contributed by atoms with Gasteiger partial charge in [-0.05, 0) is 26.8 Å². The minimum absolute atomic E-state index is 0.110. The maximum atomic E-state index is 11.3. The monoisotopic (exact) mass is 213 g/mol. The quantitative estimate of drug-likeness (QED) is 0.685. The molecule has 0 spiro atoms. The highest BCUT2D eigenvalue weighted by Gasteiger charge is 2.25. The summed E-state index contributed by atoms with van der Waals surface area (Å²) in [6.45, 7) is 6.55. The molecule has 0 radical (unpaired) electrons. The molecule has 1 rings (SSSR count). The number of nitrogens with zero attached hydrogens (tertiary/aromatic N) is 1. The lowest BCUT2D eigenvalue weighted by atomic mass is 10.2. The SMILES string of the molecule is CCCNC(=O)CNC1CC(C)N(C)C1. The summed E-state index contributed by atoms with van der Waals surface area (Å²) in [4.78, 5) is 13.7. The first-order valence-corrected chi connectivity index (χ1v) is 5.83. The van der Waals surface area contributed by atoms with E-state index in [2.05, 4.69) is 36.4 Å². The minimum atomic E-state index is 0.110. The molecule has 2 unspecified atom stereocenters. The molecule has 1 aliphatic rings. The van der Waals surface area contributed by atoms with Crippen LogP contribution in [0, 0.1) is 0 Å². The summed E-state index contributed by atoms with van der Waals surface area (Å²) in [6.07, 6.45) is 2.13. The molecular weight excluding hydrogens is 190 g/mol. The van der Waals surface area contributed by atoms with Crippen LogP contribution in [0.3, 0.4) is 0 Å². The van der Waals surface area contributed by atoms with E-state index in [1.54, 1.807) is 0 Å². The third-order valence-electron chi connectivity index (χ3n) is 3.01.